The lowest BCUT2D eigenvalue weighted by Gasteiger charge is -2.09. The Balaban J connectivity index is 1.52. The summed E-state index contributed by atoms with van der Waals surface area (Å²) >= 11 is 0. The Bertz CT molecular complexity index is 930. The van der Waals surface area contributed by atoms with Crippen LogP contribution in [0.2, 0.25) is 0 Å². The summed E-state index contributed by atoms with van der Waals surface area (Å²) in [6.07, 6.45) is 8.46. The van der Waals surface area contributed by atoms with E-state index in [9.17, 15) is 10.1 Å². The first kappa shape index (κ1) is 16.2. The summed E-state index contributed by atoms with van der Waals surface area (Å²) in [4.78, 5) is 18.2. The smallest absolute Gasteiger partial charge is 0.230 e. The second kappa shape index (κ2) is 6.53. The molecule has 1 saturated heterocycles. The maximum atomic E-state index is 12.3. The lowest BCUT2D eigenvalue weighted by molar-refractivity contribution is -0.119. The molecule has 7 heteroatoms. The van der Waals surface area contributed by atoms with Crippen LogP contribution in [0.3, 0.4) is 0 Å². The zero-order valence-corrected chi connectivity index (χ0v) is 14.2. The summed E-state index contributed by atoms with van der Waals surface area (Å²) < 4.78 is 1.77. The largest absolute Gasteiger partial charge is 0.310 e. The fourth-order valence-corrected chi connectivity index (χ4v) is 3.34. The molecule has 1 aromatic carbocycles. The van der Waals surface area contributed by atoms with Gasteiger partial charge in [-0.05, 0) is 42.9 Å². The van der Waals surface area contributed by atoms with Crippen LogP contribution in [0.4, 0.5) is 5.82 Å². The van der Waals surface area contributed by atoms with E-state index in [-0.39, 0.29) is 11.8 Å². The maximum Gasteiger partial charge on any atom is 0.230 e. The molecule has 2 fully saturated rings. The SMILES string of the molecule is N#Cc1ccc(C2CC2)cc1-n1cnc(NC(=O)[C@H]2CCN(C#N)C2)c1. The van der Waals surface area contributed by atoms with Gasteiger partial charge in [-0.3, -0.25) is 4.79 Å². The van der Waals surface area contributed by atoms with E-state index in [4.69, 9.17) is 5.26 Å². The molecule has 2 aromatic rings. The van der Waals surface area contributed by atoms with Crippen molar-refractivity contribution >= 4 is 11.7 Å². The highest BCUT2D eigenvalue weighted by Gasteiger charge is 2.28. The standard InChI is InChI=1S/C19H18N6O/c20-8-15-4-3-14(13-1-2-13)7-17(15)25-10-18(22-12-25)23-19(26)16-5-6-24(9-16)11-21/h3-4,7,10,12-13,16H,1-2,5-6,9H2,(H,23,26)/t16-/m0/s1. The van der Waals surface area contributed by atoms with Crippen LogP contribution < -0.4 is 5.32 Å². The third-order valence-electron chi connectivity index (χ3n) is 5.00. The number of amides is 1. The van der Waals surface area contributed by atoms with Crippen LogP contribution >= 0.6 is 0 Å². The van der Waals surface area contributed by atoms with Gasteiger partial charge in [-0.25, -0.2) is 4.98 Å². The van der Waals surface area contributed by atoms with Gasteiger partial charge < -0.3 is 14.8 Å². The van der Waals surface area contributed by atoms with Gasteiger partial charge in [0.2, 0.25) is 5.91 Å². The van der Waals surface area contributed by atoms with Crippen molar-refractivity contribution in [3.63, 3.8) is 0 Å². The van der Waals surface area contributed by atoms with Crippen molar-refractivity contribution in [2.24, 2.45) is 5.92 Å². The lowest BCUT2D eigenvalue weighted by Crippen LogP contribution is -2.25. The van der Waals surface area contributed by atoms with Gasteiger partial charge >= 0.3 is 0 Å². The first-order valence-corrected chi connectivity index (χ1v) is 8.72. The van der Waals surface area contributed by atoms with Crippen LogP contribution in [-0.2, 0) is 4.79 Å². The van der Waals surface area contributed by atoms with E-state index in [0.717, 1.165) is 5.69 Å². The number of likely N-dealkylation sites (tertiary alicyclic amines) is 1. The number of benzene rings is 1. The van der Waals surface area contributed by atoms with Crippen molar-refractivity contribution in [2.45, 2.75) is 25.2 Å². The molecule has 0 unspecified atom stereocenters. The number of rotatable bonds is 4. The van der Waals surface area contributed by atoms with Crippen LogP contribution in [0.25, 0.3) is 5.69 Å². The van der Waals surface area contributed by atoms with Gasteiger partial charge in [0, 0.05) is 13.1 Å². The van der Waals surface area contributed by atoms with E-state index in [2.05, 4.69) is 22.6 Å². The average molecular weight is 346 g/mol. The molecule has 1 aromatic heterocycles. The van der Waals surface area contributed by atoms with E-state index in [1.807, 2.05) is 18.2 Å². The molecule has 1 N–H and O–H groups in total. The van der Waals surface area contributed by atoms with E-state index >= 15 is 0 Å². The molecule has 0 spiro atoms. The molecule has 0 radical (unpaired) electrons. The predicted octanol–water partition coefficient (Wildman–Crippen LogP) is 2.36. The number of nitrogens with zero attached hydrogens (tertiary/aromatic N) is 5. The number of imidazole rings is 1. The molecule has 2 aliphatic rings. The summed E-state index contributed by atoms with van der Waals surface area (Å²) in [5, 5.41) is 21.1. The Kier molecular flexibility index (Phi) is 4.06. The highest BCUT2D eigenvalue weighted by atomic mass is 16.2. The first-order chi connectivity index (χ1) is 12.7. The number of carbonyl (C=O) groups excluding carboxylic acids is 1. The zero-order valence-electron chi connectivity index (χ0n) is 14.2. The molecule has 1 amide bonds. The van der Waals surface area contributed by atoms with Gasteiger partial charge in [0.25, 0.3) is 0 Å². The molecule has 130 valence electrons. The van der Waals surface area contributed by atoms with E-state index in [1.54, 1.807) is 22.0 Å². The molecule has 1 atom stereocenters. The fourth-order valence-electron chi connectivity index (χ4n) is 3.34. The zero-order chi connectivity index (χ0) is 18.1. The highest BCUT2D eigenvalue weighted by molar-refractivity contribution is 5.92. The monoisotopic (exact) mass is 346 g/mol. The van der Waals surface area contributed by atoms with E-state index in [0.29, 0.717) is 36.8 Å². The molecule has 7 nitrogen and oxygen atoms in total. The van der Waals surface area contributed by atoms with Crippen LogP contribution in [0.5, 0.6) is 0 Å². The average Bonchev–Trinajstić information content (AvgIpc) is 3.22. The quantitative estimate of drug-likeness (QED) is 0.857. The molecule has 0 bridgehead atoms. The Morgan fingerprint density at radius 2 is 2.12 bits per heavy atom. The second-order valence-electron chi connectivity index (χ2n) is 6.85. The molecule has 1 aliphatic heterocycles. The highest BCUT2D eigenvalue weighted by Crippen LogP contribution is 2.41. The third-order valence-corrected chi connectivity index (χ3v) is 5.00. The summed E-state index contributed by atoms with van der Waals surface area (Å²) in [6.45, 7) is 1.06. The minimum absolute atomic E-state index is 0.125. The number of aromatic nitrogens is 2. The van der Waals surface area contributed by atoms with E-state index in [1.165, 1.54) is 18.4 Å². The van der Waals surface area contributed by atoms with Gasteiger partial charge in [-0.2, -0.15) is 10.5 Å². The number of nitrogens with one attached hydrogen (secondary N) is 1. The van der Waals surface area contributed by atoms with Gasteiger partial charge in [0.05, 0.1) is 23.4 Å². The molecule has 1 aliphatic carbocycles. The van der Waals surface area contributed by atoms with Gasteiger partial charge in [-0.1, -0.05) is 6.07 Å². The Hall–Kier alpha value is -3.32. The molecule has 2 heterocycles. The fraction of sp³-hybridized carbons (Fsp3) is 0.368. The predicted molar refractivity (Wildman–Crippen MR) is 94.2 cm³/mol. The molecular formula is C19H18N6O. The first-order valence-electron chi connectivity index (χ1n) is 8.72. The van der Waals surface area contributed by atoms with Crippen molar-refractivity contribution in [1.29, 1.82) is 10.5 Å². The van der Waals surface area contributed by atoms with Crippen LogP contribution in [0.15, 0.2) is 30.7 Å². The lowest BCUT2D eigenvalue weighted by atomic mass is 10.1. The number of hydrogen-bond acceptors (Lipinski definition) is 5. The normalized spacial score (nSPS) is 19.0. The minimum Gasteiger partial charge on any atom is -0.310 e. The molecule has 4 rings (SSSR count). The number of carbonyl (C=O) groups is 1. The molecular weight excluding hydrogens is 328 g/mol. The van der Waals surface area contributed by atoms with Crippen LogP contribution in [0.1, 0.15) is 36.3 Å². The Morgan fingerprint density at radius 1 is 1.27 bits per heavy atom. The third kappa shape index (κ3) is 3.12. The number of anilines is 1. The van der Waals surface area contributed by atoms with Gasteiger partial charge in [0.15, 0.2) is 12.0 Å². The minimum atomic E-state index is -0.201. The Morgan fingerprint density at radius 3 is 2.81 bits per heavy atom. The van der Waals surface area contributed by atoms with Gasteiger partial charge in [-0.15, -0.1) is 0 Å². The summed E-state index contributed by atoms with van der Waals surface area (Å²) in [5.41, 5.74) is 2.59. The number of hydrogen-bond donors (Lipinski definition) is 1. The van der Waals surface area contributed by atoms with Crippen molar-refractivity contribution in [3.05, 3.63) is 41.9 Å². The summed E-state index contributed by atoms with van der Waals surface area (Å²) in [5.74, 6) is 0.716. The molecule has 1 saturated carbocycles. The maximum absolute atomic E-state index is 12.3. The van der Waals surface area contributed by atoms with Crippen molar-refractivity contribution < 1.29 is 4.79 Å². The second-order valence-corrected chi connectivity index (χ2v) is 6.85. The summed E-state index contributed by atoms with van der Waals surface area (Å²) in [6, 6.07) is 8.11. The summed E-state index contributed by atoms with van der Waals surface area (Å²) in [7, 11) is 0. The van der Waals surface area contributed by atoms with Gasteiger partial charge in [0.1, 0.15) is 12.4 Å². The van der Waals surface area contributed by atoms with Crippen molar-refractivity contribution in [1.82, 2.24) is 14.5 Å². The van der Waals surface area contributed by atoms with E-state index < -0.39 is 0 Å². The van der Waals surface area contributed by atoms with Crippen LogP contribution in [-0.4, -0.2) is 33.4 Å². The Labute approximate surface area is 151 Å². The molecule has 26 heavy (non-hydrogen) atoms. The topological polar surface area (TPSA) is 97.7 Å². The van der Waals surface area contributed by atoms with Crippen molar-refractivity contribution in [2.75, 3.05) is 18.4 Å². The van der Waals surface area contributed by atoms with Crippen molar-refractivity contribution in [3.8, 4) is 17.9 Å². The number of nitriles is 2. The van der Waals surface area contributed by atoms with Crippen LogP contribution in [0, 0.1) is 28.7 Å².